The molecule has 19 heavy (non-hydrogen) atoms. The molecule has 2 fully saturated rings. The van der Waals surface area contributed by atoms with E-state index in [0.29, 0.717) is 0 Å². The van der Waals surface area contributed by atoms with Crippen LogP contribution in [0.1, 0.15) is 13.8 Å². The molecule has 0 aliphatic carbocycles. The van der Waals surface area contributed by atoms with Crippen molar-refractivity contribution in [1.29, 1.82) is 0 Å². The Morgan fingerprint density at radius 2 is 1.79 bits per heavy atom. The van der Waals surface area contributed by atoms with Gasteiger partial charge in [0, 0.05) is 46.4 Å². The molecule has 2 saturated heterocycles. The Morgan fingerprint density at radius 1 is 1.16 bits per heavy atom. The molecule has 1 N–H and O–H groups in total. The van der Waals surface area contributed by atoms with Crippen molar-refractivity contribution in [3.63, 3.8) is 0 Å². The Kier molecular flexibility index (Phi) is 5.20. The summed E-state index contributed by atoms with van der Waals surface area (Å²) in [7, 11) is 1.68. The van der Waals surface area contributed by atoms with Crippen LogP contribution < -0.4 is 0 Å². The van der Waals surface area contributed by atoms with E-state index in [-0.39, 0.29) is 17.6 Å². The molecule has 2 atom stereocenters. The van der Waals surface area contributed by atoms with E-state index in [1.165, 1.54) is 0 Å². The maximum absolute atomic E-state index is 9.88. The van der Waals surface area contributed by atoms with Crippen LogP contribution in [0.25, 0.3) is 0 Å². The smallest absolute Gasteiger partial charge is 0.0969 e. The van der Waals surface area contributed by atoms with Crippen LogP contribution in [-0.4, -0.2) is 86.7 Å². The number of aliphatic hydroxyl groups is 1. The van der Waals surface area contributed by atoms with Gasteiger partial charge in [-0.15, -0.1) is 0 Å². The number of β-amino-alcohol motifs (C(OH)–C–C–N with tert-alkyl or cyclic N) is 1. The first-order chi connectivity index (χ1) is 9.00. The molecule has 0 amide bonds. The first kappa shape index (κ1) is 15.2. The summed E-state index contributed by atoms with van der Waals surface area (Å²) in [6.45, 7) is 12.0. The molecular formula is C14H28N2O3. The molecule has 2 aliphatic rings. The van der Waals surface area contributed by atoms with Gasteiger partial charge in [0.15, 0.2) is 0 Å². The van der Waals surface area contributed by atoms with Crippen molar-refractivity contribution in [2.75, 3.05) is 59.6 Å². The summed E-state index contributed by atoms with van der Waals surface area (Å²) in [5.74, 6) is 0. The molecule has 2 aliphatic heterocycles. The third-order valence-corrected chi connectivity index (χ3v) is 4.02. The maximum atomic E-state index is 9.88. The summed E-state index contributed by atoms with van der Waals surface area (Å²) in [5, 5.41) is 9.88. The number of likely N-dealkylation sites (tertiary alicyclic amines) is 1. The lowest BCUT2D eigenvalue weighted by atomic mass is 9.92. The van der Waals surface area contributed by atoms with Crippen LogP contribution in [-0.2, 0) is 9.47 Å². The van der Waals surface area contributed by atoms with Gasteiger partial charge in [0.25, 0.3) is 0 Å². The van der Waals surface area contributed by atoms with Gasteiger partial charge < -0.3 is 14.6 Å². The number of rotatable bonds is 5. The van der Waals surface area contributed by atoms with E-state index in [4.69, 9.17) is 9.47 Å². The van der Waals surface area contributed by atoms with Gasteiger partial charge in [-0.3, -0.25) is 9.80 Å². The van der Waals surface area contributed by atoms with Gasteiger partial charge in [-0.2, -0.15) is 0 Å². The normalized spacial score (nSPS) is 30.9. The van der Waals surface area contributed by atoms with E-state index >= 15 is 0 Å². The number of hydrogen-bond donors (Lipinski definition) is 1. The Balaban J connectivity index is 1.80. The van der Waals surface area contributed by atoms with Crippen LogP contribution in [0.2, 0.25) is 0 Å². The third-order valence-electron chi connectivity index (χ3n) is 4.02. The topological polar surface area (TPSA) is 45.2 Å². The molecule has 2 heterocycles. The SMILES string of the molecule is CO[C@H]1CN(CC(C)(C)CN2CCOCC2)C[C@@H]1O. The zero-order chi connectivity index (χ0) is 13.9. The van der Waals surface area contributed by atoms with Gasteiger partial charge in [-0.05, 0) is 5.41 Å². The van der Waals surface area contributed by atoms with Crippen LogP contribution >= 0.6 is 0 Å². The van der Waals surface area contributed by atoms with Crippen molar-refractivity contribution in [2.24, 2.45) is 5.41 Å². The minimum Gasteiger partial charge on any atom is -0.389 e. The van der Waals surface area contributed by atoms with E-state index in [2.05, 4.69) is 23.6 Å². The highest BCUT2D eigenvalue weighted by Crippen LogP contribution is 2.23. The molecule has 0 saturated carbocycles. The fraction of sp³-hybridized carbons (Fsp3) is 1.00. The quantitative estimate of drug-likeness (QED) is 0.765. The summed E-state index contributed by atoms with van der Waals surface area (Å²) >= 11 is 0. The van der Waals surface area contributed by atoms with Crippen LogP contribution in [0.3, 0.4) is 0 Å². The third kappa shape index (κ3) is 4.39. The summed E-state index contributed by atoms with van der Waals surface area (Å²) in [6.07, 6.45) is -0.372. The predicted molar refractivity (Wildman–Crippen MR) is 74.3 cm³/mol. The van der Waals surface area contributed by atoms with Gasteiger partial charge in [0.05, 0.1) is 25.4 Å². The van der Waals surface area contributed by atoms with Crippen LogP contribution in [0, 0.1) is 5.41 Å². The van der Waals surface area contributed by atoms with E-state index in [1.54, 1.807) is 7.11 Å². The highest BCUT2D eigenvalue weighted by molar-refractivity contribution is 4.88. The zero-order valence-electron chi connectivity index (χ0n) is 12.5. The minimum absolute atomic E-state index is 0.0285. The van der Waals surface area contributed by atoms with Crippen molar-refractivity contribution in [3.05, 3.63) is 0 Å². The number of hydrogen-bond acceptors (Lipinski definition) is 5. The molecule has 0 aromatic carbocycles. The number of methoxy groups -OCH3 is 1. The molecule has 0 unspecified atom stereocenters. The molecular weight excluding hydrogens is 244 g/mol. The summed E-state index contributed by atoms with van der Waals surface area (Å²) in [4.78, 5) is 4.79. The van der Waals surface area contributed by atoms with Gasteiger partial charge in [0.2, 0.25) is 0 Å². The van der Waals surface area contributed by atoms with E-state index in [9.17, 15) is 5.11 Å². The number of morpholine rings is 1. The zero-order valence-corrected chi connectivity index (χ0v) is 12.5. The van der Waals surface area contributed by atoms with Crippen LogP contribution in [0.5, 0.6) is 0 Å². The Labute approximate surface area is 116 Å². The average Bonchev–Trinajstić information content (AvgIpc) is 2.69. The molecule has 0 radical (unpaired) electrons. The summed E-state index contributed by atoms with van der Waals surface area (Å²) < 4.78 is 10.7. The molecule has 0 spiro atoms. The average molecular weight is 272 g/mol. The second-order valence-corrected chi connectivity index (χ2v) is 6.59. The van der Waals surface area contributed by atoms with Gasteiger partial charge in [-0.1, -0.05) is 13.8 Å². The lowest BCUT2D eigenvalue weighted by Gasteiger charge is -2.37. The second kappa shape index (κ2) is 6.50. The van der Waals surface area contributed by atoms with Gasteiger partial charge >= 0.3 is 0 Å². The first-order valence-electron chi connectivity index (χ1n) is 7.23. The molecule has 5 heteroatoms. The predicted octanol–water partition coefficient (Wildman–Crippen LogP) is 0.0363. The van der Waals surface area contributed by atoms with Crippen molar-refractivity contribution < 1.29 is 14.6 Å². The molecule has 0 aromatic heterocycles. The van der Waals surface area contributed by atoms with Gasteiger partial charge in [0.1, 0.15) is 0 Å². The molecule has 112 valence electrons. The monoisotopic (exact) mass is 272 g/mol. The summed E-state index contributed by atoms with van der Waals surface area (Å²) in [5.41, 5.74) is 0.222. The lowest BCUT2D eigenvalue weighted by Crippen LogP contribution is -2.46. The molecule has 0 aromatic rings. The van der Waals surface area contributed by atoms with Crippen molar-refractivity contribution >= 4 is 0 Å². The number of aliphatic hydroxyl groups excluding tert-OH is 1. The van der Waals surface area contributed by atoms with E-state index in [0.717, 1.165) is 52.5 Å². The fourth-order valence-corrected chi connectivity index (χ4v) is 3.21. The minimum atomic E-state index is -0.343. The standard InChI is InChI=1S/C14H28N2O3/c1-14(2,10-15-4-6-19-7-5-15)11-16-8-12(17)13(9-16)18-3/h12-13,17H,4-11H2,1-3H3/t12-,13-/m0/s1. The number of ether oxygens (including phenoxy) is 2. The lowest BCUT2D eigenvalue weighted by molar-refractivity contribution is 0.0150. The van der Waals surface area contributed by atoms with E-state index in [1.807, 2.05) is 0 Å². The highest BCUT2D eigenvalue weighted by Gasteiger charge is 2.34. The Bertz CT molecular complexity index is 280. The fourth-order valence-electron chi connectivity index (χ4n) is 3.21. The largest absolute Gasteiger partial charge is 0.389 e. The number of nitrogens with zero attached hydrogens (tertiary/aromatic N) is 2. The summed E-state index contributed by atoms with van der Waals surface area (Å²) in [6, 6.07) is 0. The first-order valence-corrected chi connectivity index (χ1v) is 7.23. The van der Waals surface area contributed by atoms with Crippen molar-refractivity contribution in [2.45, 2.75) is 26.1 Å². The van der Waals surface area contributed by atoms with Gasteiger partial charge in [-0.25, -0.2) is 0 Å². The van der Waals surface area contributed by atoms with Crippen molar-refractivity contribution in [1.82, 2.24) is 9.80 Å². The molecule has 5 nitrogen and oxygen atoms in total. The highest BCUT2D eigenvalue weighted by atomic mass is 16.5. The maximum Gasteiger partial charge on any atom is 0.0969 e. The van der Waals surface area contributed by atoms with E-state index < -0.39 is 0 Å². The second-order valence-electron chi connectivity index (χ2n) is 6.59. The Hall–Kier alpha value is -0.200. The molecule has 2 rings (SSSR count). The molecule has 0 bridgehead atoms. The van der Waals surface area contributed by atoms with Crippen molar-refractivity contribution in [3.8, 4) is 0 Å². The van der Waals surface area contributed by atoms with Crippen LogP contribution in [0.4, 0.5) is 0 Å². The Morgan fingerprint density at radius 3 is 2.37 bits per heavy atom. The van der Waals surface area contributed by atoms with Crippen LogP contribution in [0.15, 0.2) is 0 Å².